The lowest BCUT2D eigenvalue weighted by atomic mass is 10.0. The molecule has 0 heterocycles. The van der Waals surface area contributed by atoms with Gasteiger partial charge in [-0.05, 0) is 20.3 Å². The number of aliphatic hydroxyl groups is 1. The standard InChI is InChI=1S/C10H23NO3/c1-6-10(3,12)7-11-8(2)9(13-4)14-5/h8-9,11-12H,6-7H2,1-5H3. The maximum atomic E-state index is 9.76. The Morgan fingerprint density at radius 1 is 1.36 bits per heavy atom. The van der Waals surface area contributed by atoms with Crippen molar-refractivity contribution in [3.8, 4) is 0 Å². The van der Waals surface area contributed by atoms with Crippen molar-refractivity contribution in [2.45, 2.75) is 45.1 Å². The molecular formula is C10H23NO3. The Morgan fingerprint density at radius 3 is 2.21 bits per heavy atom. The number of hydrogen-bond donors (Lipinski definition) is 2. The lowest BCUT2D eigenvalue weighted by Gasteiger charge is -2.27. The van der Waals surface area contributed by atoms with Crippen LogP contribution in [0.1, 0.15) is 27.2 Å². The fourth-order valence-corrected chi connectivity index (χ4v) is 1.11. The van der Waals surface area contributed by atoms with Gasteiger partial charge in [-0.2, -0.15) is 0 Å². The van der Waals surface area contributed by atoms with Crippen LogP contribution in [0.4, 0.5) is 0 Å². The van der Waals surface area contributed by atoms with E-state index < -0.39 is 5.60 Å². The Labute approximate surface area is 86.6 Å². The van der Waals surface area contributed by atoms with Gasteiger partial charge in [0.25, 0.3) is 0 Å². The molecule has 0 aromatic carbocycles. The molecule has 0 rings (SSSR count). The van der Waals surface area contributed by atoms with Crippen LogP contribution in [0.25, 0.3) is 0 Å². The SMILES string of the molecule is CCC(C)(O)CNC(C)C(OC)OC. The second kappa shape index (κ2) is 6.35. The van der Waals surface area contributed by atoms with Gasteiger partial charge in [0, 0.05) is 20.8 Å². The maximum Gasteiger partial charge on any atom is 0.171 e. The van der Waals surface area contributed by atoms with E-state index in [9.17, 15) is 5.11 Å². The molecule has 4 heteroatoms. The second-order valence-corrected chi connectivity index (χ2v) is 3.86. The van der Waals surface area contributed by atoms with Gasteiger partial charge in [-0.3, -0.25) is 0 Å². The first kappa shape index (κ1) is 13.8. The van der Waals surface area contributed by atoms with Crippen molar-refractivity contribution in [3.63, 3.8) is 0 Å². The molecule has 0 saturated carbocycles. The van der Waals surface area contributed by atoms with Crippen molar-refractivity contribution in [3.05, 3.63) is 0 Å². The highest BCUT2D eigenvalue weighted by Crippen LogP contribution is 2.07. The van der Waals surface area contributed by atoms with Crippen LogP contribution in [0, 0.1) is 0 Å². The predicted molar refractivity (Wildman–Crippen MR) is 56.2 cm³/mol. The molecule has 0 aliphatic heterocycles. The van der Waals surface area contributed by atoms with E-state index in [1.54, 1.807) is 21.1 Å². The van der Waals surface area contributed by atoms with Crippen molar-refractivity contribution in [1.82, 2.24) is 5.32 Å². The average molecular weight is 205 g/mol. The normalized spacial score (nSPS) is 18.2. The van der Waals surface area contributed by atoms with E-state index in [4.69, 9.17) is 9.47 Å². The van der Waals surface area contributed by atoms with E-state index in [-0.39, 0.29) is 12.3 Å². The highest BCUT2D eigenvalue weighted by atomic mass is 16.7. The Hall–Kier alpha value is -0.160. The number of ether oxygens (including phenoxy) is 2. The number of rotatable bonds is 7. The van der Waals surface area contributed by atoms with Crippen LogP contribution in [0.2, 0.25) is 0 Å². The predicted octanol–water partition coefficient (Wildman–Crippen LogP) is 0.744. The van der Waals surface area contributed by atoms with Crippen LogP contribution >= 0.6 is 0 Å². The summed E-state index contributed by atoms with van der Waals surface area (Å²) in [4.78, 5) is 0. The van der Waals surface area contributed by atoms with Crippen LogP contribution in [0.5, 0.6) is 0 Å². The van der Waals surface area contributed by atoms with E-state index >= 15 is 0 Å². The number of hydrogen-bond acceptors (Lipinski definition) is 4. The molecule has 0 amide bonds. The first-order valence-corrected chi connectivity index (χ1v) is 4.98. The summed E-state index contributed by atoms with van der Waals surface area (Å²) in [5, 5.41) is 12.9. The summed E-state index contributed by atoms with van der Waals surface area (Å²) in [6.07, 6.45) is 0.444. The lowest BCUT2D eigenvalue weighted by Crippen LogP contribution is -2.46. The van der Waals surface area contributed by atoms with Crippen LogP contribution in [-0.2, 0) is 9.47 Å². The first-order valence-electron chi connectivity index (χ1n) is 4.98. The minimum absolute atomic E-state index is 0.0584. The van der Waals surface area contributed by atoms with Crippen molar-refractivity contribution < 1.29 is 14.6 Å². The van der Waals surface area contributed by atoms with Gasteiger partial charge >= 0.3 is 0 Å². The number of nitrogens with one attached hydrogen (secondary N) is 1. The summed E-state index contributed by atoms with van der Waals surface area (Å²) in [6.45, 7) is 6.26. The third kappa shape index (κ3) is 4.91. The molecule has 0 spiro atoms. The highest BCUT2D eigenvalue weighted by Gasteiger charge is 2.21. The van der Waals surface area contributed by atoms with Gasteiger partial charge in [0.1, 0.15) is 0 Å². The molecule has 4 nitrogen and oxygen atoms in total. The Kier molecular flexibility index (Phi) is 6.27. The van der Waals surface area contributed by atoms with Crippen LogP contribution in [-0.4, -0.2) is 43.8 Å². The summed E-state index contributed by atoms with van der Waals surface area (Å²) in [5.74, 6) is 0. The fourth-order valence-electron chi connectivity index (χ4n) is 1.11. The minimum atomic E-state index is -0.666. The van der Waals surface area contributed by atoms with Crippen molar-refractivity contribution in [2.75, 3.05) is 20.8 Å². The largest absolute Gasteiger partial charge is 0.389 e. The molecule has 86 valence electrons. The van der Waals surface area contributed by atoms with Gasteiger partial charge in [-0.15, -0.1) is 0 Å². The van der Waals surface area contributed by atoms with Gasteiger partial charge in [-0.25, -0.2) is 0 Å². The van der Waals surface area contributed by atoms with Crippen LogP contribution in [0.15, 0.2) is 0 Å². The molecule has 0 aliphatic rings. The lowest BCUT2D eigenvalue weighted by molar-refractivity contribution is -0.121. The van der Waals surface area contributed by atoms with Gasteiger partial charge < -0.3 is 19.9 Å². The van der Waals surface area contributed by atoms with Crippen LogP contribution in [0.3, 0.4) is 0 Å². The smallest absolute Gasteiger partial charge is 0.171 e. The molecule has 0 aromatic heterocycles. The summed E-state index contributed by atoms with van der Waals surface area (Å²) in [5.41, 5.74) is -0.666. The molecular weight excluding hydrogens is 182 g/mol. The van der Waals surface area contributed by atoms with Crippen LogP contribution < -0.4 is 5.32 Å². The van der Waals surface area contributed by atoms with E-state index in [0.717, 1.165) is 6.42 Å². The zero-order valence-electron chi connectivity index (χ0n) is 9.83. The maximum absolute atomic E-state index is 9.76. The van der Waals surface area contributed by atoms with Crippen molar-refractivity contribution in [1.29, 1.82) is 0 Å². The molecule has 2 N–H and O–H groups in total. The Bertz CT molecular complexity index is 146. The van der Waals surface area contributed by atoms with Gasteiger partial charge in [-0.1, -0.05) is 6.92 Å². The Morgan fingerprint density at radius 2 is 1.86 bits per heavy atom. The van der Waals surface area contributed by atoms with Gasteiger partial charge in [0.05, 0.1) is 11.6 Å². The quantitative estimate of drug-likeness (QED) is 0.602. The van der Waals surface area contributed by atoms with Crippen molar-refractivity contribution in [2.24, 2.45) is 0 Å². The molecule has 14 heavy (non-hydrogen) atoms. The molecule has 0 aliphatic carbocycles. The molecule has 2 unspecified atom stereocenters. The van der Waals surface area contributed by atoms with Gasteiger partial charge in [0.2, 0.25) is 0 Å². The second-order valence-electron chi connectivity index (χ2n) is 3.86. The molecule has 0 aromatic rings. The molecule has 2 atom stereocenters. The highest BCUT2D eigenvalue weighted by molar-refractivity contribution is 4.76. The number of methoxy groups -OCH3 is 2. The molecule has 0 fully saturated rings. The molecule has 0 saturated heterocycles. The molecule has 0 radical (unpaired) electrons. The molecule has 0 bridgehead atoms. The fraction of sp³-hybridized carbons (Fsp3) is 1.00. The summed E-state index contributed by atoms with van der Waals surface area (Å²) in [7, 11) is 3.20. The zero-order valence-corrected chi connectivity index (χ0v) is 9.83. The van der Waals surface area contributed by atoms with E-state index in [0.29, 0.717) is 6.54 Å². The third-order valence-corrected chi connectivity index (χ3v) is 2.44. The summed E-state index contributed by atoms with van der Waals surface area (Å²) in [6, 6.07) is 0.0584. The summed E-state index contributed by atoms with van der Waals surface area (Å²) >= 11 is 0. The van der Waals surface area contributed by atoms with E-state index in [1.807, 2.05) is 13.8 Å². The topological polar surface area (TPSA) is 50.7 Å². The third-order valence-electron chi connectivity index (χ3n) is 2.44. The minimum Gasteiger partial charge on any atom is -0.389 e. The van der Waals surface area contributed by atoms with Gasteiger partial charge in [0.15, 0.2) is 6.29 Å². The van der Waals surface area contributed by atoms with Crippen molar-refractivity contribution >= 4 is 0 Å². The average Bonchev–Trinajstić information content (AvgIpc) is 2.17. The zero-order chi connectivity index (χ0) is 11.2. The Balaban J connectivity index is 3.88. The monoisotopic (exact) mass is 205 g/mol. The first-order chi connectivity index (χ1) is 6.46. The van der Waals surface area contributed by atoms with E-state index in [1.165, 1.54) is 0 Å². The summed E-state index contributed by atoms with van der Waals surface area (Å²) < 4.78 is 10.2. The van der Waals surface area contributed by atoms with E-state index in [2.05, 4.69) is 5.32 Å².